The molecule has 21 heavy (non-hydrogen) atoms. The van der Waals surface area contributed by atoms with E-state index in [9.17, 15) is 8.78 Å². The van der Waals surface area contributed by atoms with Gasteiger partial charge < -0.3 is 19.5 Å². The van der Waals surface area contributed by atoms with Crippen LogP contribution in [0.4, 0.5) is 8.78 Å². The van der Waals surface area contributed by atoms with E-state index in [-0.39, 0.29) is 24.0 Å². The normalized spacial score (nSPS) is 24.7. The zero-order chi connectivity index (χ0) is 15.2. The first-order chi connectivity index (χ1) is 10.1. The Balaban J connectivity index is 1.94. The van der Waals surface area contributed by atoms with Gasteiger partial charge in [-0.3, -0.25) is 0 Å². The number of halogens is 2. The molecule has 1 aliphatic rings. The maximum atomic E-state index is 13.2. The van der Waals surface area contributed by atoms with Gasteiger partial charge in [0.2, 0.25) is 0 Å². The fourth-order valence-electron chi connectivity index (χ4n) is 2.42. The molecule has 3 unspecified atom stereocenters. The molecule has 1 aliphatic carbocycles. The van der Waals surface area contributed by atoms with E-state index in [1.54, 1.807) is 7.11 Å². The second-order valence-electron chi connectivity index (χ2n) is 4.99. The Morgan fingerprint density at radius 2 is 1.90 bits per heavy atom. The number of hydrogen-bond donors (Lipinski definition) is 1. The summed E-state index contributed by atoms with van der Waals surface area (Å²) in [6, 6.07) is 3.36. The number of methoxy groups -OCH3 is 1. The molecule has 0 spiro atoms. The standard InChI is InChI=1S/C15H21F2NO3/c1-3-18-13-9-14(15(13)20-5-4-19-2)21-12-7-10(16)6-11(17)8-12/h6-8,13-15,18H,3-5,9H2,1-2H3. The average molecular weight is 301 g/mol. The summed E-state index contributed by atoms with van der Waals surface area (Å²) in [5.41, 5.74) is 0. The number of hydrogen-bond acceptors (Lipinski definition) is 4. The van der Waals surface area contributed by atoms with Gasteiger partial charge >= 0.3 is 0 Å². The third-order valence-corrected chi connectivity index (χ3v) is 3.44. The predicted molar refractivity (Wildman–Crippen MR) is 74.5 cm³/mol. The van der Waals surface area contributed by atoms with Crippen LogP contribution in [-0.2, 0) is 9.47 Å². The van der Waals surface area contributed by atoms with Crippen LogP contribution in [0.2, 0.25) is 0 Å². The van der Waals surface area contributed by atoms with E-state index in [1.165, 1.54) is 12.1 Å². The lowest BCUT2D eigenvalue weighted by molar-refractivity contribution is -0.115. The summed E-state index contributed by atoms with van der Waals surface area (Å²) < 4.78 is 42.7. The van der Waals surface area contributed by atoms with Gasteiger partial charge in [-0.2, -0.15) is 0 Å². The Kier molecular flexibility index (Phi) is 5.90. The fourth-order valence-corrected chi connectivity index (χ4v) is 2.42. The highest BCUT2D eigenvalue weighted by molar-refractivity contribution is 5.24. The average Bonchev–Trinajstić information content (AvgIpc) is 2.41. The monoisotopic (exact) mass is 301 g/mol. The summed E-state index contributed by atoms with van der Waals surface area (Å²) >= 11 is 0. The summed E-state index contributed by atoms with van der Waals surface area (Å²) in [6.07, 6.45) is 0.377. The van der Waals surface area contributed by atoms with E-state index in [0.717, 1.165) is 19.0 Å². The molecule has 0 aromatic heterocycles. The summed E-state index contributed by atoms with van der Waals surface area (Å²) in [5, 5.41) is 3.30. The molecule has 1 aromatic rings. The van der Waals surface area contributed by atoms with Crippen LogP contribution in [0.3, 0.4) is 0 Å². The minimum atomic E-state index is -0.649. The molecule has 0 aliphatic heterocycles. The molecule has 2 rings (SSSR count). The van der Waals surface area contributed by atoms with Gasteiger partial charge in [0, 0.05) is 37.8 Å². The van der Waals surface area contributed by atoms with E-state index in [1.807, 2.05) is 6.92 Å². The van der Waals surface area contributed by atoms with Crippen LogP contribution in [0.15, 0.2) is 18.2 Å². The first-order valence-corrected chi connectivity index (χ1v) is 7.10. The summed E-state index contributed by atoms with van der Waals surface area (Å²) in [5.74, 6) is -1.11. The lowest BCUT2D eigenvalue weighted by Gasteiger charge is -2.44. The Morgan fingerprint density at radius 1 is 1.19 bits per heavy atom. The highest BCUT2D eigenvalue weighted by atomic mass is 19.1. The van der Waals surface area contributed by atoms with E-state index < -0.39 is 11.6 Å². The first-order valence-electron chi connectivity index (χ1n) is 7.10. The summed E-state index contributed by atoms with van der Waals surface area (Å²) in [7, 11) is 1.61. The molecule has 0 saturated heterocycles. The molecule has 6 heteroatoms. The van der Waals surface area contributed by atoms with Crippen molar-refractivity contribution < 1.29 is 23.0 Å². The van der Waals surface area contributed by atoms with E-state index in [0.29, 0.717) is 13.2 Å². The lowest BCUT2D eigenvalue weighted by Crippen LogP contribution is -2.61. The molecule has 1 saturated carbocycles. The van der Waals surface area contributed by atoms with Gasteiger partial charge in [-0.25, -0.2) is 8.78 Å². The van der Waals surface area contributed by atoms with Gasteiger partial charge in [0.25, 0.3) is 0 Å². The van der Waals surface area contributed by atoms with Crippen molar-refractivity contribution in [1.82, 2.24) is 5.32 Å². The van der Waals surface area contributed by atoms with Gasteiger partial charge in [-0.1, -0.05) is 6.92 Å². The number of likely N-dealkylation sites (N-methyl/N-ethyl adjacent to an activating group) is 1. The van der Waals surface area contributed by atoms with Gasteiger partial charge in [-0.05, 0) is 6.54 Å². The quantitative estimate of drug-likeness (QED) is 0.747. The van der Waals surface area contributed by atoms with Crippen molar-refractivity contribution >= 4 is 0 Å². The second-order valence-corrected chi connectivity index (χ2v) is 4.99. The molecule has 0 heterocycles. The van der Waals surface area contributed by atoms with Gasteiger partial charge in [0.1, 0.15) is 29.6 Å². The molecular weight excluding hydrogens is 280 g/mol. The third kappa shape index (κ3) is 4.36. The van der Waals surface area contributed by atoms with Gasteiger partial charge in [0.05, 0.1) is 13.2 Å². The Hall–Kier alpha value is -1.24. The first kappa shape index (κ1) is 16.1. The van der Waals surface area contributed by atoms with Crippen LogP contribution in [-0.4, -0.2) is 45.1 Å². The molecule has 1 N–H and O–H groups in total. The van der Waals surface area contributed by atoms with Crippen molar-refractivity contribution in [1.29, 1.82) is 0 Å². The highest BCUT2D eigenvalue weighted by Gasteiger charge is 2.43. The molecule has 118 valence electrons. The fraction of sp³-hybridized carbons (Fsp3) is 0.600. The zero-order valence-electron chi connectivity index (χ0n) is 12.3. The van der Waals surface area contributed by atoms with E-state index >= 15 is 0 Å². The molecule has 3 atom stereocenters. The number of ether oxygens (including phenoxy) is 3. The van der Waals surface area contributed by atoms with Gasteiger partial charge in [-0.15, -0.1) is 0 Å². The topological polar surface area (TPSA) is 39.7 Å². The molecule has 4 nitrogen and oxygen atoms in total. The van der Waals surface area contributed by atoms with Crippen molar-refractivity contribution in [3.05, 3.63) is 29.8 Å². The molecule has 1 fully saturated rings. The van der Waals surface area contributed by atoms with Crippen molar-refractivity contribution in [3.63, 3.8) is 0 Å². The summed E-state index contributed by atoms with van der Waals surface area (Å²) in [6.45, 7) is 3.80. The second kappa shape index (κ2) is 7.68. The van der Waals surface area contributed by atoms with Gasteiger partial charge in [0.15, 0.2) is 0 Å². The highest BCUT2D eigenvalue weighted by Crippen LogP contribution is 2.29. The molecule has 0 radical (unpaired) electrons. The van der Waals surface area contributed by atoms with Crippen molar-refractivity contribution in [2.45, 2.75) is 31.6 Å². The third-order valence-electron chi connectivity index (χ3n) is 3.44. The minimum Gasteiger partial charge on any atom is -0.487 e. The van der Waals surface area contributed by atoms with E-state index in [2.05, 4.69) is 5.32 Å². The molecular formula is C15H21F2NO3. The summed E-state index contributed by atoms with van der Waals surface area (Å²) in [4.78, 5) is 0. The van der Waals surface area contributed by atoms with Crippen molar-refractivity contribution in [2.24, 2.45) is 0 Å². The zero-order valence-corrected chi connectivity index (χ0v) is 12.3. The van der Waals surface area contributed by atoms with Crippen LogP contribution in [0.1, 0.15) is 13.3 Å². The molecule has 0 bridgehead atoms. The van der Waals surface area contributed by atoms with Crippen molar-refractivity contribution in [2.75, 3.05) is 26.9 Å². The number of benzene rings is 1. The van der Waals surface area contributed by atoms with Crippen LogP contribution >= 0.6 is 0 Å². The number of rotatable bonds is 8. The Bertz CT molecular complexity index is 438. The van der Waals surface area contributed by atoms with Crippen LogP contribution in [0.5, 0.6) is 5.75 Å². The minimum absolute atomic E-state index is 0.147. The maximum absolute atomic E-state index is 13.2. The van der Waals surface area contributed by atoms with Crippen molar-refractivity contribution in [3.8, 4) is 5.75 Å². The lowest BCUT2D eigenvalue weighted by atomic mass is 9.85. The predicted octanol–water partition coefficient (Wildman–Crippen LogP) is 2.13. The number of nitrogens with one attached hydrogen (secondary N) is 1. The van der Waals surface area contributed by atoms with Crippen LogP contribution in [0.25, 0.3) is 0 Å². The Morgan fingerprint density at radius 3 is 2.52 bits per heavy atom. The molecule has 1 aromatic carbocycles. The van der Waals surface area contributed by atoms with E-state index in [4.69, 9.17) is 14.2 Å². The smallest absolute Gasteiger partial charge is 0.129 e. The SMILES string of the molecule is CCNC1CC(Oc2cc(F)cc(F)c2)C1OCCOC. The van der Waals surface area contributed by atoms with Crippen LogP contribution in [0, 0.1) is 11.6 Å². The van der Waals surface area contributed by atoms with Crippen LogP contribution < -0.4 is 10.1 Å². The Labute approximate surface area is 123 Å². The maximum Gasteiger partial charge on any atom is 0.129 e. The molecule has 0 amide bonds. The largest absolute Gasteiger partial charge is 0.487 e.